The summed E-state index contributed by atoms with van der Waals surface area (Å²) in [5.74, 6) is -2.78. The van der Waals surface area contributed by atoms with Crippen LogP contribution in [-0.4, -0.2) is 39.1 Å². The minimum absolute atomic E-state index is 0.0140. The van der Waals surface area contributed by atoms with Crippen LogP contribution >= 0.6 is 0 Å². The predicted molar refractivity (Wildman–Crippen MR) is 65.3 cm³/mol. The Balaban J connectivity index is 2.04. The lowest BCUT2D eigenvalue weighted by atomic mass is 9.88. The highest BCUT2D eigenvalue weighted by Crippen LogP contribution is 2.38. The molecule has 1 saturated carbocycles. The summed E-state index contributed by atoms with van der Waals surface area (Å²) in [6, 6.07) is -2.32. The number of nitrogens with one attached hydrogen (secondary N) is 2. The molecule has 0 aliphatic heterocycles. The number of hydrogen-bond acceptors (Lipinski definition) is 5. The molecule has 5 nitrogen and oxygen atoms in total. The number of aryl methyl sites for hydroxylation is 1. The van der Waals surface area contributed by atoms with E-state index in [1.807, 2.05) is 0 Å². The number of nitrogens with zero attached hydrogens (tertiary/aromatic N) is 3. The molecule has 0 radical (unpaired) electrons. The van der Waals surface area contributed by atoms with Crippen molar-refractivity contribution < 1.29 is 22.0 Å². The molecule has 10 heteroatoms. The van der Waals surface area contributed by atoms with Crippen LogP contribution in [0.1, 0.15) is 25.6 Å². The highest BCUT2D eigenvalue weighted by molar-refractivity contribution is 5.36. The summed E-state index contributed by atoms with van der Waals surface area (Å²) in [6.45, 7) is 2.41. The molecule has 0 unspecified atom stereocenters. The van der Waals surface area contributed by atoms with Crippen molar-refractivity contribution in [1.29, 1.82) is 0 Å². The Morgan fingerprint density at radius 3 is 2.24 bits per heavy atom. The second-order valence-corrected chi connectivity index (χ2v) is 5.04. The van der Waals surface area contributed by atoms with Crippen LogP contribution in [0, 0.1) is 6.92 Å². The molecule has 1 aromatic heterocycles. The Bertz CT molecular complexity index is 510. The van der Waals surface area contributed by atoms with E-state index < -0.39 is 24.2 Å². The molecule has 2 N–H and O–H groups in total. The van der Waals surface area contributed by atoms with Crippen LogP contribution in [0.5, 0.6) is 0 Å². The Labute approximate surface area is 117 Å². The number of aromatic nitrogens is 3. The first-order chi connectivity index (χ1) is 9.55. The first kappa shape index (κ1) is 15.6. The third kappa shape index (κ3) is 4.11. The molecule has 2 rings (SSSR count). The summed E-state index contributed by atoms with van der Waals surface area (Å²) >= 11 is 0. The van der Waals surface area contributed by atoms with Gasteiger partial charge in [0.1, 0.15) is 11.9 Å². The maximum absolute atomic E-state index is 12.7. The van der Waals surface area contributed by atoms with E-state index in [9.17, 15) is 22.0 Å². The molecule has 1 aliphatic carbocycles. The Morgan fingerprint density at radius 2 is 1.71 bits per heavy atom. The van der Waals surface area contributed by atoms with Gasteiger partial charge in [-0.25, -0.2) is 8.78 Å². The fourth-order valence-electron chi connectivity index (χ4n) is 1.83. The smallest absolute Gasteiger partial charge is 0.351 e. The average Bonchev–Trinajstić information content (AvgIpc) is 2.23. The SMILES string of the molecule is Cc1nc(NC2CC(F)(F)C2)nc(N[C@@H](C)C(F)(F)F)n1. The normalized spacial score (nSPS) is 19.8. The molecule has 0 bridgehead atoms. The molecule has 0 saturated heterocycles. The largest absolute Gasteiger partial charge is 0.408 e. The van der Waals surface area contributed by atoms with E-state index >= 15 is 0 Å². The number of halogens is 5. The molecule has 1 aliphatic rings. The van der Waals surface area contributed by atoms with Gasteiger partial charge in [0.2, 0.25) is 11.9 Å². The molecule has 1 heterocycles. The van der Waals surface area contributed by atoms with Gasteiger partial charge >= 0.3 is 6.18 Å². The van der Waals surface area contributed by atoms with Crippen LogP contribution < -0.4 is 10.6 Å². The Morgan fingerprint density at radius 1 is 1.14 bits per heavy atom. The Hall–Kier alpha value is -1.74. The van der Waals surface area contributed by atoms with Gasteiger partial charge in [-0.05, 0) is 13.8 Å². The van der Waals surface area contributed by atoms with Gasteiger partial charge in [0.05, 0.1) is 0 Å². The molecule has 118 valence electrons. The lowest BCUT2D eigenvalue weighted by Crippen LogP contribution is -2.44. The maximum Gasteiger partial charge on any atom is 0.408 e. The van der Waals surface area contributed by atoms with Crippen LogP contribution in [0.25, 0.3) is 0 Å². The summed E-state index contributed by atoms with van der Waals surface area (Å²) < 4.78 is 62.8. The fraction of sp³-hybridized carbons (Fsp3) is 0.727. The molecule has 0 amide bonds. The van der Waals surface area contributed by atoms with E-state index in [0.29, 0.717) is 0 Å². The number of hydrogen-bond donors (Lipinski definition) is 2. The van der Waals surface area contributed by atoms with Crippen molar-refractivity contribution in [2.75, 3.05) is 10.6 Å². The summed E-state index contributed by atoms with van der Waals surface area (Å²) in [5, 5.41) is 4.78. The van der Waals surface area contributed by atoms with Crippen molar-refractivity contribution >= 4 is 11.9 Å². The summed E-state index contributed by atoms with van der Waals surface area (Å²) in [4.78, 5) is 11.4. The lowest BCUT2D eigenvalue weighted by molar-refractivity contribution is -0.138. The minimum atomic E-state index is -4.44. The number of rotatable bonds is 4. The summed E-state index contributed by atoms with van der Waals surface area (Å²) in [7, 11) is 0. The number of anilines is 2. The first-order valence-corrected chi connectivity index (χ1v) is 6.25. The topological polar surface area (TPSA) is 62.7 Å². The highest BCUT2D eigenvalue weighted by Gasteiger charge is 2.45. The second kappa shape index (κ2) is 5.23. The van der Waals surface area contributed by atoms with Crippen molar-refractivity contribution in [3.8, 4) is 0 Å². The van der Waals surface area contributed by atoms with Gasteiger partial charge < -0.3 is 10.6 Å². The van der Waals surface area contributed by atoms with E-state index in [-0.39, 0.29) is 30.6 Å². The maximum atomic E-state index is 12.7. The third-order valence-corrected chi connectivity index (χ3v) is 3.01. The second-order valence-electron chi connectivity index (χ2n) is 5.04. The summed E-state index contributed by atoms with van der Waals surface area (Å²) in [5.41, 5.74) is 0. The number of alkyl halides is 5. The monoisotopic (exact) mass is 311 g/mol. The summed E-state index contributed by atoms with van der Waals surface area (Å²) in [6.07, 6.45) is -5.14. The zero-order valence-corrected chi connectivity index (χ0v) is 11.3. The van der Waals surface area contributed by atoms with Gasteiger partial charge in [-0.2, -0.15) is 28.1 Å². The van der Waals surface area contributed by atoms with Gasteiger partial charge in [0.15, 0.2) is 0 Å². The lowest BCUT2D eigenvalue weighted by Gasteiger charge is -2.35. The van der Waals surface area contributed by atoms with Crippen LogP contribution in [0.15, 0.2) is 0 Å². The van der Waals surface area contributed by atoms with Gasteiger partial charge in [0.25, 0.3) is 5.92 Å². The van der Waals surface area contributed by atoms with Crippen molar-refractivity contribution in [2.45, 2.75) is 50.9 Å². The predicted octanol–water partition coefficient (Wildman–Crippen LogP) is 2.75. The highest BCUT2D eigenvalue weighted by atomic mass is 19.4. The van der Waals surface area contributed by atoms with Gasteiger partial charge in [0, 0.05) is 18.9 Å². The molecule has 1 aromatic rings. The zero-order chi connectivity index (χ0) is 15.8. The van der Waals surface area contributed by atoms with Crippen molar-refractivity contribution in [3.63, 3.8) is 0 Å². The van der Waals surface area contributed by atoms with Crippen LogP contribution in [0.3, 0.4) is 0 Å². The van der Waals surface area contributed by atoms with Crippen molar-refractivity contribution in [3.05, 3.63) is 5.82 Å². The van der Waals surface area contributed by atoms with Crippen molar-refractivity contribution in [1.82, 2.24) is 15.0 Å². The zero-order valence-electron chi connectivity index (χ0n) is 11.3. The van der Waals surface area contributed by atoms with E-state index in [0.717, 1.165) is 6.92 Å². The standard InChI is InChI=1S/C11H14F5N5/c1-5(11(14,15)16)17-8-18-6(2)19-9(21-8)20-7-3-10(12,13)4-7/h5,7H,3-4H2,1-2H3,(H2,17,18,19,20,21)/t5-/m0/s1. The molecular weight excluding hydrogens is 297 g/mol. The molecular formula is C11H14F5N5. The Kier molecular flexibility index (Phi) is 3.89. The van der Waals surface area contributed by atoms with Crippen LogP contribution in [0.4, 0.5) is 33.8 Å². The van der Waals surface area contributed by atoms with E-state index in [1.165, 1.54) is 6.92 Å². The van der Waals surface area contributed by atoms with E-state index in [1.54, 1.807) is 0 Å². The molecule has 0 aromatic carbocycles. The minimum Gasteiger partial charge on any atom is -0.351 e. The molecule has 1 atom stereocenters. The molecule has 0 spiro atoms. The van der Waals surface area contributed by atoms with Gasteiger partial charge in [-0.1, -0.05) is 0 Å². The molecule has 21 heavy (non-hydrogen) atoms. The van der Waals surface area contributed by atoms with Gasteiger partial charge in [-0.15, -0.1) is 0 Å². The third-order valence-electron chi connectivity index (χ3n) is 3.01. The van der Waals surface area contributed by atoms with E-state index in [4.69, 9.17) is 0 Å². The fourth-order valence-corrected chi connectivity index (χ4v) is 1.83. The van der Waals surface area contributed by atoms with E-state index in [2.05, 4.69) is 25.6 Å². The van der Waals surface area contributed by atoms with Crippen molar-refractivity contribution in [2.24, 2.45) is 0 Å². The molecule has 1 fully saturated rings. The first-order valence-electron chi connectivity index (χ1n) is 6.25. The van der Waals surface area contributed by atoms with Crippen LogP contribution in [0.2, 0.25) is 0 Å². The average molecular weight is 311 g/mol. The quantitative estimate of drug-likeness (QED) is 0.837. The van der Waals surface area contributed by atoms with Crippen LogP contribution in [-0.2, 0) is 0 Å². The van der Waals surface area contributed by atoms with Gasteiger partial charge in [-0.3, -0.25) is 0 Å².